The topological polar surface area (TPSA) is 29.3 Å². The molecular weight excluding hydrogens is 220 g/mol. The summed E-state index contributed by atoms with van der Waals surface area (Å²) in [7, 11) is 0. The molecule has 1 aromatic rings. The lowest BCUT2D eigenvalue weighted by Gasteiger charge is -2.39. The molecule has 2 aliphatic rings. The first-order chi connectivity index (χ1) is 8.86. The number of hydrogen-bond acceptors (Lipinski definition) is 2. The van der Waals surface area contributed by atoms with Gasteiger partial charge < -0.3 is 5.73 Å². The Labute approximate surface area is 110 Å². The molecule has 1 aliphatic heterocycles. The molecule has 0 saturated carbocycles. The lowest BCUT2D eigenvalue weighted by Crippen LogP contribution is -2.45. The Balaban J connectivity index is 1.78. The van der Waals surface area contributed by atoms with Gasteiger partial charge in [0.15, 0.2) is 0 Å². The van der Waals surface area contributed by atoms with Gasteiger partial charge in [-0.15, -0.1) is 0 Å². The lowest BCUT2D eigenvalue weighted by molar-refractivity contribution is 0.161. The molecule has 1 aliphatic carbocycles. The van der Waals surface area contributed by atoms with Crippen molar-refractivity contribution in [1.29, 1.82) is 0 Å². The van der Waals surface area contributed by atoms with Gasteiger partial charge in [-0.05, 0) is 49.9 Å². The summed E-state index contributed by atoms with van der Waals surface area (Å²) in [4.78, 5) is 2.66. The van der Waals surface area contributed by atoms with Crippen molar-refractivity contribution in [3.8, 4) is 0 Å². The van der Waals surface area contributed by atoms with Gasteiger partial charge in [0.1, 0.15) is 0 Å². The van der Waals surface area contributed by atoms with Crippen LogP contribution in [0, 0.1) is 0 Å². The predicted octanol–water partition coefficient (Wildman–Crippen LogP) is 2.88. The Hall–Kier alpha value is -0.860. The summed E-state index contributed by atoms with van der Waals surface area (Å²) in [5.41, 5.74) is 9.39. The van der Waals surface area contributed by atoms with E-state index in [1.54, 1.807) is 0 Å². The smallest absolute Gasteiger partial charge is 0.0455 e. The average Bonchev–Trinajstić information content (AvgIpc) is 2.68. The quantitative estimate of drug-likeness (QED) is 0.823. The minimum atomic E-state index is 0.216. The molecule has 0 radical (unpaired) electrons. The van der Waals surface area contributed by atoms with Crippen molar-refractivity contribution < 1.29 is 0 Å². The van der Waals surface area contributed by atoms with E-state index in [1.165, 1.54) is 62.7 Å². The molecule has 0 aromatic heterocycles. The van der Waals surface area contributed by atoms with E-state index in [1.807, 2.05) is 0 Å². The molecule has 2 heteroatoms. The van der Waals surface area contributed by atoms with Gasteiger partial charge in [0.2, 0.25) is 0 Å². The second-order valence-corrected chi connectivity index (χ2v) is 5.78. The maximum Gasteiger partial charge on any atom is 0.0455 e. The first kappa shape index (κ1) is 12.2. The van der Waals surface area contributed by atoms with Crippen LogP contribution in [0.25, 0.3) is 0 Å². The lowest BCUT2D eigenvalue weighted by atomic mass is 9.83. The summed E-state index contributed by atoms with van der Waals surface area (Å²) >= 11 is 0. The number of benzene rings is 1. The van der Waals surface area contributed by atoms with E-state index in [-0.39, 0.29) is 6.04 Å². The minimum absolute atomic E-state index is 0.216. The summed E-state index contributed by atoms with van der Waals surface area (Å²) in [6, 6.07) is 9.52. The van der Waals surface area contributed by atoms with Crippen LogP contribution >= 0.6 is 0 Å². The van der Waals surface area contributed by atoms with Crippen LogP contribution in [-0.2, 0) is 6.42 Å². The van der Waals surface area contributed by atoms with Crippen LogP contribution in [0.15, 0.2) is 24.3 Å². The second-order valence-electron chi connectivity index (χ2n) is 5.78. The third-order valence-electron chi connectivity index (χ3n) is 4.65. The molecule has 0 spiro atoms. The fourth-order valence-corrected chi connectivity index (χ4v) is 3.61. The highest BCUT2D eigenvalue weighted by Gasteiger charge is 2.30. The van der Waals surface area contributed by atoms with Crippen LogP contribution in [0.4, 0.5) is 0 Å². The number of hydrogen-bond donors (Lipinski definition) is 1. The summed E-state index contributed by atoms with van der Waals surface area (Å²) < 4.78 is 0. The van der Waals surface area contributed by atoms with Gasteiger partial charge in [-0.1, -0.05) is 37.1 Å². The summed E-state index contributed by atoms with van der Waals surface area (Å²) in [5.74, 6) is 0. The van der Waals surface area contributed by atoms with Crippen LogP contribution in [-0.4, -0.2) is 24.0 Å². The van der Waals surface area contributed by atoms with Crippen LogP contribution in [0.5, 0.6) is 0 Å². The summed E-state index contributed by atoms with van der Waals surface area (Å²) in [6.45, 7) is 2.50. The number of likely N-dealkylation sites (tertiary alicyclic amines) is 1. The molecule has 1 fully saturated rings. The predicted molar refractivity (Wildman–Crippen MR) is 75.5 cm³/mol. The molecule has 2 atom stereocenters. The molecule has 1 saturated heterocycles. The largest absolute Gasteiger partial charge is 0.323 e. The Morgan fingerprint density at radius 1 is 1.00 bits per heavy atom. The number of nitrogens with zero attached hydrogens (tertiary/aromatic N) is 1. The van der Waals surface area contributed by atoms with Crippen molar-refractivity contribution in [2.45, 2.75) is 50.6 Å². The van der Waals surface area contributed by atoms with Gasteiger partial charge in [-0.2, -0.15) is 0 Å². The van der Waals surface area contributed by atoms with Crippen LogP contribution < -0.4 is 5.73 Å². The van der Waals surface area contributed by atoms with E-state index >= 15 is 0 Å². The fourth-order valence-electron chi connectivity index (χ4n) is 3.61. The number of fused-ring (bicyclic) bond motifs is 1. The zero-order valence-electron chi connectivity index (χ0n) is 11.1. The molecule has 3 rings (SSSR count). The highest BCUT2D eigenvalue weighted by Crippen LogP contribution is 2.32. The van der Waals surface area contributed by atoms with E-state index in [9.17, 15) is 0 Å². The van der Waals surface area contributed by atoms with Crippen molar-refractivity contribution in [3.63, 3.8) is 0 Å². The van der Waals surface area contributed by atoms with Crippen molar-refractivity contribution in [2.75, 3.05) is 13.1 Å². The van der Waals surface area contributed by atoms with Gasteiger partial charge in [0, 0.05) is 12.1 Å². The van der Waals surface area contributed by atoms with E-state index in [4.69, 9.17) is 5.73 Å². The van der Waals surface area contributed by atoms with Crippen molar-refractivity contribution in [1.82, 2.24) is 4.90 Å². The molecule has 98 valence electrons. The van der Waals surface area contributed by atoms with E-state index < -0.39 is 0 Å². The minimum Gasteiger partial charge on any atom is -0.323 e. The van der Waals surface area contributed by atoms with Gasteiger partial charge >= 0.3 is 0 Å². The zero-order valence-corrected chi connectivity index (χ0v) is 11.1. The van der Waals surface area contributed by atoms with Crippen LogP contribution in [0.1, 0.15) is 49.3 Å². The first-order valence-corrected chi connectivity index (χ1v) is 7.44. The molecule has 2 N–H and O–H groups in total. The Bertz CT molecular complexity index is 394. The molecule has 18 heavy (non-hydrogen) atoms. The maximum absolute atomic E-state index is 6.53. The zero-order chi connectivity index (χ0) is 12.4. The van der Waals surface area contributed by atoms with Crippen molar-refractivity contribution >= 4 is 0 Å². The summed E-state index contributed by atoms with van der Waals surface area (Å²) in [6.07, 6.45) is 7.93. The molecular formula is C16H24N2. The monoisotopic (exact) mass is 244 g/mol. The third kappa shape index (κ3) is 2.32. The van der Waals surface area contributed by atoms with E-state index in [0.717, 1.165) is 0 Å². The molecule has 2 unspecified atom stereocenters. The van der Waals surface area contributed by atoms with Gasteiger partial charge in [0.05, 0.1) is 0 Å². The highest BCUT2D eigenvalue weighted by atomic mass is 15.2. The van der Waals surface area contributed by atoms with Gasteiger partial charge in [-0.3, -0.25) is 4.90 Å². The number of aryl methyl sites for hydroxylation is 1. The standard InChI is InChI=1S/C16H24N2/c17-16-14-8-4-3-7-13(14)9-10-15(16)18-11-5-1-2-6-12-18/h3-4,7-8,15-16H,1-2,5-6,9-12,17H2. The second kappa shape index (κ2) is 5.41. The SMILES string of the molecule is NC1c2ccccc2CCC1N1CCCCCC1. The Morgan fingerprint density at radius 2 is 1.72 bits per heavy atom. The number of rotatable bonds is 1. The Kier molecular flexibility index (Phi) is 3.67. The third-order valence-corrected chi connectivity index (χ3v) is 4.65. The molecule has 2 nitrogen and oxygen atoms in total. The molecule has 0 bridgehead atoms. The van der Waals surface area contributed by atoms with E-state index in [2.05, 4.69) is 29.2 Å². The molecule has 0 amide bonds. The van der Waals surface area contributed by atoms with Gasteiger partial charge in [-0.25, -0.2) is 0 Å². The van der Waals surface area contributed by atoms with Crippen molar-refractivity contribution in [2.24, 2.45) is 5.73 Å². The normalized spacial score (nSPS) is 29.6. The van der Waals surface area contributed by atoms with Crippen LogP contribution in [0.2, 0.25) is 0 Å². The average molecular weight is 244 g/mol. The fraction of sp³-hybridized carbons (Fsp3) is 0.625. The Morgan fingerprint density at radius 3 is 2.50 bits per heavy atom. The van der Waals surface area contributed by atoms with Crippen LogP contribution in [0.3, 0.4) is 0 Å². The van der Waals surface area contributed by atoms with Crippen molar-refractivity contribution in [3.05, 3.63) is 35.4 Å². The summed E-state index contributed by atoms with van der Waals surface area (Å²) in [5, 5.41) is 0. The maximum atomic E-state index is 6.53. The van der Waals surface area contributed by atoms with E-state index in [0.29, 0.717) is 6.04 Å². The molecule has 1 aromatic carbocycles. The first-order valence-electron chi connectivity index (χ1n) is 7.44. The van der Waals surface area contributed by atoms with Gasteiger partial charge in [0.25, 0.3) is 0 Å². The number of nitrogens with two attached hydrogens (primary N) is 1. The molecule has 1 heterocycles. The highest BCUT2D eigenvalue weighted by molar-refractivity contribution is 5.33.